The number of amides is 1. The van der Waals surface area contributed by atoms with Crippen molar-refractivity contribution in [2.75, 3.05) is 50.7 Å². The number of carbonyl (C=O) groups is 1. The van der Waals surface area contributed by atoms with Gasteiger partial charge in [0.2, 0.25) is 5.91 Å². The van der Waals surface area contributed by atoms with Crippen molar-refractivity contribution >= 4 is 36.5 Å². The fraction of sp³-hybridized carbons (Fsp3) is 0.455. The number of piperazine rings is 1. The minimum atomic E-state index is 0. The van der Waals surface area contributed by atoms with E-state index in [1.807, 2.05) is 35.4 Å². The summed E-state index contributed by atoms with van der Waals surface area (Å²) in [4.78, 5) is 23.6. The van der Waals surface area contributed by atoms with Crippen molar-refractivity contribution in [2.45, 2.75) is 18.4 Å². The highest BCUT2D eigenvalue weighted by Gasteiger charge is 2.31. The molecule has 2 aliphatic heterocycles. The number of hydrogen-bond donors (Lipinski definition) is 1. The van der Waals surface area contributed by atoms with Crippen molar-refractivity contribution in [2.24, 2.45) is 5.73 Å². The Morgan fingerprint density at radius 2 is 1.67 bits per heavy atom. The number of hydrogen-bond acceptors (Lipinski definition) is 5. The van der Waals surface area contributed by atoms with Crippen molar-refractivity contribution in [3.05, 3.63) is 60.3 Å². The van der Waals surface area contributed by atoms with E-state index in [4.69, 9.17) is 5.73 Å². The van der Waals surface area contributed by atoms with E-state index >= 15 is 0 Å². The average molecular weight is 452 g/mol. The van der Waals surface area contributed by atoms with E-state index in [0.29, 0.717) is 12.3 Å². The topological polar surface area (TPSA) is 65.7 Å². The van der Waals surface area contributed by atoms with Gasteiger partial charge in [-0.2, -0.15) is 0 Å². The summed E-state index contributed by atoms with van der Waals surface area (Å²) >= 11 is 0. The highest BCUT2D eigenvalue weighted by atomic mass is 35.5. The molecule has 4 rings (SSSR count). The van der Waals surface area contributed by atoms with Crippen molar-refractivity contribution in [3.8, 4) is 0 Å². The summed E-state index contributed by atoms with van der Waals surface area (Å²) in [7, 11) is 0. The number of benzene rings is 1. The predicted octanol–water partition coefficient (Wildman–Crippen LogP) is 2.39. The van der Waals surface area contributed by atoms with Crippen LogP contribution in [-0.4, -0.2) is 72.5 Å². The predicted molar refractivity (Wildman–Crippen MR) is 126 cm³/mol. The zero-order chi connectivity index (χ0) is 19.3. The van der Waals surface area contributed by atoms with Crippen LogP contribution in [0.2, 0.25) is 0 Å². The van der Waals surface area contributed by atoms with E-state index in [9.17, 15) is 4.79 Å². The molecule has 2 saturated heterocycles. The van der Waals surface area contributed by atoms with Gasteiger partial charge in [0.05, 0.1) is 0 Å². The number of nitrogens with zero attached hydrogens (tertiary/aromatic N) is 4. The van der Waals surface area contributed by atoms with Crippen molar-refractivity contribution in [1.29, 1.82) is 0 Å². The summed E-state index contributed by atoms with van der Waals surface area (Å²) in [6.45, 7) is 5.80. The van der Waals surface area contributed by atoms with E-state index in [1.54, 1.807) is 0 Å². The Morgan fingerprint density at radius 3 is 2.33 bits per heavy atom. The van der Waals surface area contributed by atoms with Crippen LogP contribution in [0, 0.1) is 0 Å². The monoisotopic (exact) mass is 451 g/mol. The quantitative estimate of drug-likeness (QED) is 0.755. The molecule has 2 N–H and O–H groups in total. The van der Waals surface area contributed by atoms with Crippen LogP contribution in [0.25, 0.3) is 0 Å². The summed E-state index contributed by atoms with van der Waals surface area (Å²) in [6.07, 6.45) is 2.38. The number of likely N-dealkylation sites (tertiary alicyclic amines) is 1. The molecule has 1 amide bonds. The first-order valence-corrected chi connectivity index (χ1v) is 10.2. The maximum Gasteiger partial charge on any atom is 0.223 e. The van der Waals surface area contributed by atoms with Gasteiger partial charge >= 0.3 is 0 Å². The second kappa shape index (κ2) is 11.5. The fourth-order valence-corrected chi connectivity index (χ4v) is 4.29. The summed E-state index contributed by atoms with van der Waals surface area (Å²) in [5, 5.41) is 0. The first-order chi connectivity index (χ1) is 13.7. The van der Waals surface area contributed by atoms with Gasteiger partial charge in [-0.3, -0.25) is 4.79 Å². The largest absolute Gasteiger partial charge is 0.353 e. The normalized spacial score (nSPS) is 21.6. The maximum atomic E-state index is 12.7. The number of aromatic nitrogens is 1. The number of pyridine rings is 1. The van der Waals surface area contributed by atoms with Gasteiger partial charge in [-0.05, 0) is 17.7 Å². The van der Waals surface area contributed by atoms with Gasteiger partial charge in [-0.1, -0.05) is 36.4 Å². The number of anilines is 1. The lowest BCUT2D eigenvalue weighted by atomic mass is 9.95. The third-order valence-electron chi connectivity index (χ3n) is 5.92. The summed E-state index contributed by atoms with van der Waals surface area (Å²) in [6, 6.07) is 16.6. The molecule has 2 atom stereocenters. The van der Waals surface area contributed by atoms with Gasteiger partial charge in [-0.15, -0.1) is 24.8 Å². The van der Waals surface area contributed by atoms with Crippen molar-refractivity contribution < 1.29 is 4.79 Å². The molecule has 0 saturated carbocycles. The number of rotatable bonds is 5. The van der Waals surface area contributed by atoms with Crippen LogP contribution in [0.15, 0.2) is 54.7 Å². The van der Waals surface area contributed by atoms with Crippen molar-refractivity contribution in [1.82, 2.24) is 14.8 Å². The highest BCUT2D eigenvalue weighted by molar-refractivity contribution is 5.85. The lowest BCUT2D eigenvalue weighted by Crippen LogP contribution is -2.49. The Morgan fingerprint density at radius 1 is 0.967 bits per heavy atom. The third-order valence-corrected chi connectivity index (χ3v) is 5.92. The van der Waals surface area contributed by atoms with Crippen LogP contribution in [0.1, 0.15) is 17.9 Å². The smallest absolute Gasteiger partial charge is 0.223 e. The molecule has 3 heterocycles. The number of nitrogens with two attached hydrogens (primary N) is 1. The van der Waals surface area contributed by atoms with Crippen LogP contribution in [0.5, 0.6) is 0 Å². The molecule has 0 aliphatic carbocycles. The maximum absolute atomic E-state index is 12.7. The zero-order valence-electron chi connectivity index (χ0n) is 17.1. The molecule has 0 spiro atoms. The van der Waals surface area contributed by atoms with Crippen LogP contribution < -0.4 is 10.6 Å². The molecule has 1 aromatic heterocycles. The van der Waals surface area contributed by atoms with Gasteiger partial charge in [0.15, 0.2) is 0 Å². The number of carbonyl (C=O) groups excluding carboxylic acids is 1. The minimum Gasteiger partial charge on any atom is -0.353 e. The van der Waals surface area contributed by atoms with Crippen LogP contribution >= 0.6 is 24.8 Å². The zero-order valence-corrected chi connectivity index (χ0v) is 18.7. The SMILES string of the molecule is Cl.Cl.N[C@@H]1CN(CCC(=O)N2CCN(c3ccccn3)CC2)C[C@H]1c1ccccc1. The van der Waals surface area contributed by atoms with E-state index in [1.165, 1.54) is 5.56 Å². The second-order valence-corrected chi connectivity index (χ2v) is 7.75. The molecule has 164 valence electrons. The molecule has 6 nitrogen and oxygen atoms in total. The molecular formula is C22H31Cl2N5O. The highest BCUT2D eigenvalue weighted by Crippen LogP contribution is 2.26. The molecule has 0 bridgehead atoms. The molecule has 30 heavy (non-hydrogen) atoms. The Hall–Kier alpha value is -1.86. The molecular weight excluding hydrogens is 421 g/mol. The molecule has 2 aromatic rings. The first-order valence-electron chi connectivity index (χ1n) is 10.2. The second-order valence-electron chi connectivity index (χ2n) is 7.75. The lowest BCUT2D eigenvalue weighted by Gasteiger charge is -2.35. The molecule has 2 fully saturated rings. The van der Waals surface area contributed by atoms with Crippen molar-refractivity contribution in [3.63, 3.8) is 0 Å². The van der Waals surface area contributed by atoms with Crippen LogP contribution in [0.3, 0.4) is 0 Å². The average Bonchev–Trinajstić information content (AvgIpc) is 3.14. The van der Waals surface area contributed by atoms with E-state index in [2.05, 4.69) is 39.0 Å². The molecule has 8 heteroatoms. The van der Waals surface area contributed by atoms with Gasteiger partial charge in [0, 0.05) is 70.4 Å². The van der Waals surface area contributed by atoms with Gasteiger partial charge < -0.3 is 20.4 Å². The summed E-state index contributed by atoms with van der Waals surface area (Å²) < 4.78 is 0. The van der Waals surface area contributed by atoms with Gasteiger partial charge in [-0.25, -0.2) is 4.98 Å². The van der Waals surface area contributed by atoms with E-state index in [0.717, 1.165) is 51.6 Å². The number of halogens is 2. The minimum absolute atomic E-state index is 0. The fourth-order valence-electron chi connectivity index (χ4n) is 4.29. The van der Waals surface area contributed by atoms with Gasteiger partial charge in [0.25, 0.3) is 0 Å². The summed E-state index contributed by atoms with van der Waals surface area (Å²) in [5.41, 5.74) is 7.67. The molecule has 1 aromatic carbocycles. The molecule has 0 unspecified atom stereocenters. The third kappa shape index (κ3) is 5.85. The first kappa shape index (κ1) is 24.4. The lowest BCUT2D eigenvalue weighted by molar-refractivity contribution is -0.131. The Bertz CT molecular complexity index is 772. The van der Waals surface area contributed by atoms with Gasteiger partial charge in [0.1, 0.15) is 5.82 Å². The van der Waals surface area contributed by atoms with Crippen LogP contribution in [-0.2, 0) is 4.79 Å². The van der Waals surface area contributed by atoms with Crippen LogP contribution in [0.4, 0.5) is 5.82 Å². The molecule has 2 aliphatic rings. The Kier molecular flexibility index (Phi) is 9.37. The standard InChI is InChI=1S/C22H29N5O.2ClH/c23-20-17-25(16-19(20)18-6-2-1-3-7-18)11-9-22(28)27-14-12-26(13-15-27)21-8-4-5-10-24-21;;/h1-8,10,19-20H,9,11-17,23H2;2*1H/t19-,20+;;/m0../s1. The Labute approximate surface area is 191 Å². The molecule has 0 radical (unpaired) electrons. The van der Waals surface area contributed by atoms with E-state index in [-0.39, 0.29) is 36.8 Å². The summed E-state index contributed by atoms with van der Waals surface area (Å²) in [5.74, 6) is 1.60. The Balaban J connectivity index is 0.00000160. The van der Waals surface area contributed by atoms with E-state index < -0.39 is 0 Å².